The number of guanidine groups is 1. The fourth-order valence-electron chi connectivity index (χ4n) is 2.44. The first-order valence-corrected chi connectivity index (χ1v) is 7.73. The Morgan fingerprint density at radius 3 is 2.53 bits per heavy atom. The van der Waals surface area contributed by atoms with Crippen molar-refractivity contribution in [2.75, 3.05) is 7.05 Å². The van der Waals surface area contributed by atoms with Gasteiger partial charge in [-0.3, -0.25) is 0 Å². The van der Waals surface area contributed by atoms with Crippen molar-refractivity contribution in [2.45, 2.75) is 44.7 Å². The van der Waals surface area contributed by atoms with Crippen LogP contribution >= 0.6 is 15.9 Å². The van der Waals surface area contributed by atoms with E-state index in [1.54, 1.807) is 0 Å². The van der Waals surface area contributed by atoms with Crippen LogP contribution in [0.4, 0.5) is 0 Å². The van der Waals surface area contributed by atoms with Gasteiger partial charge in [0, 0.05) is 18.1 Å². The molecule has 104 valence electrons. The Labute approximate surface area is 124 Å². The number of aliphatic imine (C=N–C) groups is 1. The highest BCUT2D eigenvalue weighted by atomic mass is 79.9. The van der Waals surface area contributed by atoms with E-state index in [1.165, 1.54) is 37.7 Å². The van der Waals surface area contributed by atoms with Crippen molar-refractivity contribution in [1.29, 1.82) is 0 Å². The molecule has 2 rings (SSSR count). The topological polar surface area (TPSA) is 41.6 Å². The summed E-state index contributed by atoms with van der Waals surface area (Å²) in [6, 6.07) is 8.75. The van der Waals surface area contributed by atoms with Gasteiger partial charge in [-0.15, -0.1) is 0 Å². The van der Waals surface area contributed by atoms with Crippen LogP contribution in [0.15, 0.2) is 33.7 Å². The highest BCUT2D eigenvalue weighted by Crippen LogP contribution is 2.20. The summed E-state index contributed by atoms with van der Waals surface area (Å²) >= 11 is 3.44. The number of benzene rings is 1. The molecule has 1 saturated carbocycles. The number of hydrogen-bond acceptors (Lipinski definition) is 1. The number of hydrogen-bond donors (Lipinski definition) is 1. The molecule has 1 aromatic carbocycles. The van der Waals surface area contributed by atoms with Gasteiger partial charge in [-0.05, 0) is 30.5 Å². The minimum Gasteiger partial charge on any atom is -0.370 e. The predicted molar refractivity (Wildman–Crippen MR) is 84.1 cm³/mol. The highest BCUT2D eigenvalue weighted by Gasteiger charge is 2.13. The van der Waals surface area contributed by atoms with Crippen LogP contribution in [0.25, 0.3) is 0 Å². The van der Waals surface area contributed by atoms with E-state index in [0.29, 0.717) is 12.0 Å². The summed E-state index contributed by atoms with van der Waals surface area (Å²) < 4.78 is 1.10. The Morgan fingerprint density at radius 1 is 1.26 bits per heavy atom. The molecular formula is C15H22BrN3. The van der Waals surface area contributed by atoms with Gasteiger partial charge < -0.3 is 10.6 Å². The number of nitrogens with two attached hydrogens (primary N) is 1. The van der Waals surface area contributed by atoms with Crippen LogP contribution in [0.1, 0.15) is 37.7 Å². The Hall–Kier alpha value is -1.03. The van der Waals surface area contributed by atoms with Crippen LogP contribution in [0.2, 0.25) is 0 Å². The normalized spacial score (nSPS) is 17.5. The summed E-state index contributed by atoms with van der Waals surface area (Å²) in [6.45, 7) is 0.801. The average molecular weight is 324 g/mol. The van der Waals surface area contributed by atoms with Gasteiger partial charge in [0.1, 0.15) is 0 Å². The second-order valence-electron chi connectivity index (χ2n) is 5.26. The summed E-state index contributed by atoms with van der Waals surface area (Å²) in [5.41, 5.74) is 7.34. The molecular weight excluding hydrogens is 302 g/mol. The van der Waals surface area contributed by atoms with Crippen molar-refractivity contribution in [3.63, 3.8) is 0 Å². The standard InChI is InChI=1S/C15H22BrN3/c1-19(11-12-7-9-13(16)10-8-12)15(17)18-14-5-3-2-4-6-14/h7-10,14H,2-6,11H2,1H3,(H2,17,18). The highest BCUT2D eigenvalue weighted by molar-refractivity contribution is 9.10. The van der Waals surface area contributed by atoms with E-state index in [0.717, 1.165) is 11.0 Å². The lowest BCUT2D eigenvalue weighted by molar-refractivity contribution is 0.428. The van der Waals surface area contributed by atoms with Gasteiger partial charge >= 0.3 is 0 Å². The lowest BCUT2D eigenvalue weighted by Crippen LogP contribution is -2.35. The second-order valence-corrected chi connectivity index (χ2v) is 6.18. The molecule has 3 nitrogen and oxygen atoms in total. The Balaban J connectivity index is 1.92. The molecule has 0 heterocycles. The molecule has 0 spiro atoms. The largest absolute Gasteiger partial charge is 0.370 e. The fraction of sp³-hybridized carbons (Fsp3) is 0.533. The van der Waals surface area contributed by atoms with Crippen molar-refractivity contribution in [2.24, 2.45) is 10.7 Å². The van der Waals surface area contributed by atoms with Crippen LogP contribution < -0.4 is 5.73 Å². The number of rotatable bonds is 3. The number of nitrogens with zero attached hydrogens (tertiary/aromatic N) is 2. The molecule has 1 fully saturated rings. The van der Waals surface area contributed by atoms with Crippen molar-refractivity contribution < 1.29 is 0 Å². The van der Waals surface area contributed by atoms with E-state index in [-0.39, 0.29) is 0 Å². The maximum Gasteiger partial charge on any atom is 0.191 e. The SMILES string of the molecule is CN(Cc1ccc(Br)cc1)C(N)=NC1CCCCC1. The maximum absolute atomic E-state index is 6.09. The molecule has 0 aromatic heterocycles. The molecule has 0 unspecified atom stereocenters. The third kappa shape index (κ3) is 4.53. The Bertz CT molecular complexity index is 422. The third-order valence-electron chi connectivity index (χ3n) is 3.61. The molecule has 0 amide bonds. The van der Waals surface area contributed by atoms with Crippen molar-refractivity contribution in [1.82, 2.24) is 4.90 Å². The summed E-state index contributed by atoms with van der Waals surface area (Å²) in [5.74, 6) is 0.662. The first-order valence-electron chi connectivity index (χ1n) is 6.94. The van der Waals surface area contributed by atoms with Crippen LogP contribution in [-0.4, -0.2) is 23.9 Å². The lowest BCUT2D eigenvalue weighted by Gasteiger charge is -2.22. The van der Waals surface area contributed by atoms with E-state index < -0.39 is 0 Å². The summed E-state index contributed by atoms with van der Waals surface area (Å²) in [7, 11) is 2.00. The summed E-state index contributed by atoms with van der Waals surface area (Å²) in [5, 5.41) is 0. The fourth-order valence-corrected chi connectivity index (χ4v) is 2.70. The Morgan fingerprint density at radius 2 is 1.89 bits per heavy atom. The predicted octanol–water partition coefficient (Wildman–Crippen LogP) is 3.53. The van der Waals surface area contributed by atoms with Crippen molar-refractivity contribution in [3.05, 3.63) is 34.3 Å². The van der Waals surface area contributed by atoms with E-state index in [9.17, 15) is 0 Å². The van der Waals surface area contributed by atoms with Gasteiger partial charge in [0.05, 0.1) is 6.04 Å². The Kier molecular flexibility index (Phi) is 5.25. The minimum atomic E-state index is 0.432. The molecule has 1 aromatic rings. The van der Waals surface area contributed by atoms with Gasteiger partial charge in [0.2, 0.25) is 0 Å². The van der Waals surface area contributed by atoms with E-state index in [1.807, 2.05) is 11.9 Å². The van der Waals surface area contributed by atoms with Crippen LogP contribution in [0.3, 0.4) is 0 Å². The zero-order chi connectivity index (χ0) is 13.7. The molecule has 2 N–H and O–H groups in total. The van der Waals surface area contributed by atoms with E-state index >= 15 is 0 Å². The van der Waals surface area contributed by atoms with Crippen molar-refractivity contribution in [3.8, 4) is 0 Å². The van der Waals surface area contributed by atoms with Gasteiger partial charge in [-0.1, -0.05) is 47.3 Å². The lowest BCUT2D eigenvalue weighted by atomic mass is 9.96. The zero-order valence-electron chi connectivity index (χ0n) is 11.5. The number of halogens is 1. The molecule has 0 aliphatic heterocycles. The third-order valence-corrected chi connectivity index (χ3v) is 4.14. The molecule has 1 aliphatic rings. The zero-order valence-corrected chi connectivity index (χ0v) is 13.1. The van der Waals surface area contributed by atoms with Gasteiger partial charge in [0.25, 0.3) is 0 Å². The van der Waals surface area contributed by atoms with Gasteiger partial charge in [-0.25, -0.2) is 4.99 Å². The van der Waals surface area contributed by atoms with Crippen molar-refractivity contribution >= 4 is 21.9 Å². The quantitative estimate of drug-likeness (QED) is 0.683. The maximum atomic E-state index is 6.09. The average Bonchev–Trinajstić information content (AvgIpc) is 2.42. The molecule has 0 atom stereocenters. The molecule has 4 heteroatoms. The molecule has 1 aliphatic carbocycles. The second kappa shape index (κ2) is 6.94. The summed E-state index contributed by atoms with van der Waals surface area (Å²) in [6.07, 6.45) is 6.30. The van der Waals surface area contributed by atoms with Crippen LogP contribution in [0, 0.1) is 0 Å². The van der Waals surface area contributed by atoms with Crippen LogP contribution in [0.5, 0.6) is 0 Å². The molecule has 0 saturated heterocycles. The van der Waals surface area contributed by atoms with Gasteiger partial charge in [-0.2, -0.15) is 0 Å². The van der Waals surface area contributed by atoms with E-state index in [2.05, 4.69) is 45.2 Å². The van der Waals surface area contributed by atoms with Gasteiger partial charge in [0.15, 0.2) is 5.96 Å². The monoisotopic (exact) mass is 323 g/mol. The van der Waals surface area contributed by atoms with Crippen LogP contribution in [-0.2, 0) is 6.54 Å². The molecule has 19 heavy (non-hydrogen) atoms. The first-order chi connectivity index (χ1) is 9.15. The van der Waals surface area contributed by atoms with E-state index in [4.69, 9.17) is 5.73 Å². The first kappa shape index (κ1) is 14.4. The summed E-state index contributed by atoms with van der Waals surface area (Å²) in [4.78, 5) is 6.69. The smallest absolute Gasteiger partial charge is 0.191 e. The molecule has 0 bridgehead atoms. The molecule has 0 radical (unpaired) electrons. The minimum absolute atomic E-state index is 0.432.